The molecule has 2 aromatic rings. The maximum atomic E-state index is 5.96. The Labute approximate surface area is 96.2 Å². The summed E-state index contributed by atoms with van der Waals surface area (Å²) in [5, 5.41) is 2.44. The molecule has 3 nitrogen and oxygen atoms in total. The van der Waals surface area contributed by atoms with Crippen molar-refractivity contribution in [3.63, 3.8) is 0 Å². The van der Waals surface area contributed by atoms with Crippen molar-refractivity contribution in [3.8, 4) is 11.5 Å². The van der Waals surface area contributed by atoms with Gasteiger partial charge in [0.25, 0.3) is 0 Å². The van der Waals surface area contributed by atoms with Crippen molar-refractivity contribution in [2.24, 2.45) is 0 Å². The predicted molar refractivity (Wildman–Crippen MR) is 60.1 cm³/mol. The van der Waals surface area contributed by atoms with Gasteiger partial charge in [-0.05, 0) is 18.9 Å². The Balaban J connectivity index is 2.07. The zero-order valence-corrected chi connectivity index (χ0v) is 9.42. The van der Waals surface area contributed by atoms with Gasteiger partial charge >= 0.3 is 0 Å². The van der Waals surface area contributed by atoms with E-state index in [-0.39, 0.29) is 0 Å². The molecule has 1 saturated carbocycles. The first kappa shape index (κ1) is 9.24. The average Bonchev–Trinajstić information content (AvgIpc) is 2.93. The van der Waals surface area contributed by atoms with Crippen molar-refractivity contribution in [3.05, 3.63) is 27.8 Å². The van der Waals surface area contributed by atoms with Crippen LogP contribution in [0, 0.1) is 0 Å². The van der Waals surface area contributed by atoms with E-state index in [2.05, 4.69) is 15.0 Å². The summed E-state index contributed by atoms with van der Waals surface area (Å²) >= 11 is 7.50. The van der Waals surface area contributed by atoms with E-state index in [4.69, 9.17) is 11.6 Å². The van der Waals surface area contributed by atoms with Gasteiger partial charge in [0.05, 0.1) is 5.51 Å². The van der Waals surface area contributed by atoms with E-state index in [1.807, 2.05) is 11.4 Å². The highest BCUT2D eigenvalue weighted by atomic mass is 35.5. The van der Waals surface area contributed by atoms with Crippen molar-refractivity contribution in [2.45, 2.75) is 18.8 Å². The molecule has 1 aliphatic carbocycles. The predicted octanol–water partition coefficient (Wildman–Crippen LogP) is 3.13. The first-order valence-electron chi connectivity index (χ1n) is 4.76. The van der Waals surface area contributed by atoms with Gasteiger partial charge in [-0.15, -0.1) is 11.3 Å². The number of hydrogen-bond acceptors (Lipinski definition) is 4. The fourth-order valence-corrected chi connectivity index (χ4v) is 2.18. The second-order valence-electron chi connectivity index (χ2n) is 3.59. The number of aromatic nitrogens is 3. The van der Waals surface area contributed by atoms with Crippen LogP contribution in [-0.2, 0) is 0 Å². The summed E-state index contributed by atoms with van der Waals surface area (Å²) in [6.07, 6.45) is 2.42. The highest BCUT2D eigenvalue weighted by Crippen LogP contribution is 2.40. The summed E-state index contributed by atoms with van der Waals surface area (Å²) < 4.78 is 0. The van der Waals surface area contributed by atoms with Crippen molar-refractivity contribution in [1.82, 2.24) is 15.0 Å². The zero-order valence-electron chi connectivity index (χ0n) is 7.85. The van der Waals surface area contributed by atoms with Crippen LogP contribution >= 0.6 is 22.9 Å². The Kier molecular flexibility index (Phi) is 2.18. The number of halogens is 1. The number of rotatable bonds is 2. The van der Waals surface area contributed by atoms with E-state index in [0.29, 0.717) is 16.9 Å². The van der Waals surface area contributed by atoms with Crippen LogP contribution < -0.4 is 0 Å². The lowest BCUT2D eigenvalue weighted by atomic mass is 10.3. The first-order chi connectivity index (χ1) is 7.33. The minimum absolute atomic E-state index is 0.509. The van der Waals surface area contributed by atoms with Crippen molar-refractivity contribution < 1.29 is 0 Å². The quantitative estimate of drug-likeness (QED) is 0.754. The lowest BCUT2D eigenvalue weighted by Crippen LogP contribution is -1.94. The third-order valence-electron chi connectivity index (χ3n) is 2.37. The summed E-state index contributed by atoms with van der Waals surface area (Å²) in [6.45, 7) is 0. The van der Waals surface area contributed by atoms with Crippen molar-refractivity contribution in [2.75, 3.05) is 0 Å². The molecule has 0 spiro atoms. The monoisotopic (exact) mass is 237 g/mol. The van der Waals surface area contributed by atoms with Crippen LogP contribution in [0.15, 0.2) is 17.0 Å². The maximum Gasteiger partial charge on any atom is 0.180 e. The zero-order chi connectivity index (χ0) is 10.3. The van der Waals surface area contributed by atoms with E-state index in [0.717, 1.165) is 11.4 Å². The fourth-order valence-electron chi connectivity index (χ4n) is 1.46. The van der Waals surface area contributed by atoms with Crippen LogP contribution in [0.2, 0.25) is 5.15 Å². The molecule has 0 unspecified atom stereocenters. The van der Waals surface area contributed by atoms with Crippen LogP contribution in [0.25, 0.3) is 11.5 Å². The minimum Gasteiger partial charge on any atom is -0.241 e. The molecule has 1 aliphatic rings. The largest absolute Gasteiger partial charge is 0.241 e. The summed E-state index contributed by atoms with van der Waals surface area (Å²) in [5.41, 5.74) is 3.64. The molecular formula is C10H8ClN3S. The molecule has 2 heterocycles. The van der Waals surface area contributed by atoms with Gasteiger partial charge < -0.3 is 0 Å². The van der Waals surface area contributed by atoms with Crippen LogP contribution in [0.5, 0.6) is 0 Å². The summed E-state index contributed by atoms with van der Waals surface area (Å²) in [7, 11) is 0. The van der Waals surface area contributed by atoms with Crippen LogP contribution in [0.3, 0.4) is 0 Å². The van der Waals surface area contributed by atoms with Crippen LogP contribution in [-0.4, -0.2) is 15.0 Å². The summed E-state index contributed by atoms with van der Waals surface area (Å²) in [4.78, 5) is 12.9. The molecule has 0 saturated heterocycles. The first-order valence-corrected chi connectivity index (χ1v) is 6.08. The number of thiazole rings is 1. The topological polar surface area (TPSA) is 38.7 Å². The van der Waals surface area contributed by atoms with E-state index < -0.39 is 0 Å². The van der Waals surface area contributed by atoms with Gasteiger partial charge in [0.15, 0.2) is 5.82 Å². The molecule has 15 heavy (non-hydrogen) atoms. The molecule has 1 fully saturated rings. The molecular weight excluding hydrogens is 230 g/mol. The third-order valence-corrected chi connectivity index (χ3v) is 3.15. The van der Waals surface area contributed by atoms with Gasteiger partial charge in [-0.3, -0.25) is 0 Å². The van der Waals surface area contributed by atoms with Crippen molar-refractivity contribution >= 4 is 22.9 Å². The molecule has 3 rings (SSSR count). The van der Waals surface area contributed by atoms with Gasteiger partial charge in [0.2, 0.25) is 0 Å². The van der Waals surface area contributed by atoms with E-state index in [1.54, 1.807) is 5.51 Å². The van der Waals surface area contributed by atoms with E-state index >= 15 is 0 Å². The van der Waals surface area contributed by atoms with Gasteiger partial charge in [-0.25, -0.2) is 15.0 Å². The lowest BCUT2D eigenvalue weighted by molar-refractivity contribution is 0.989. The molecule has 0 atom stereocenters. The second kappa shape index (κ2) is 3.54. The minimum atomic E-state index is 0.509. The molecule has 0 aromatic carbocycles. The molecule has 0 radical (unpaired) electrons. The molecule has 0 bridgehead atoms. The van der Waals surface area contributed by atoms with Gasteiger partial charge in [-0.1, -0.05) is 11.6 Å². The molecule has 0 N–H and O–H groups in total. The summed E-state index contributed by atoms with van der Waals surface area (Å²) in [6, 6.07) is 1.86. The fraction of sp³-hybridized carbons (Fsp3) is 0.300. The molecule has 0 amide bonds. The van der Waals surface area contributed by atoms with Crippen molar-refractivity contribution in [1.29, 1.82) is 0 Å². The Morgan fingerprint density at radius 2 is 2.20 bits per heavy atom. The molecule has 5 heteroatoms. The highest BCUT2D eigenvalue weighted by Gasteiger charge is 2.26. The number of hydrogen-bond donors (Lipinski definition) is 0. The smallest absolute Gasteiger partial charge is 0.180 e. The van der Waals surface area contributed by atoms with Crippen LogP contribution in [0.4, 0.5) is 0 Å². The normalized spacial score (nSPS) is 15.5. The Morgan fingerprint density at radius 3 is 2.87 bits per heavy atom. The van der Waals surface area contributed by atoms with Gasteiger partial charge in [-0.2, -0.15) is 0 Å². The van der Waals surface area contributed by atoms with Gasteiger partial charge in [0.1, 0.15) is 10.8 Å². The van der Waals surface area contributed by atoms with E-state index in [1.165, 1.54) is 24.2 Å². The number of nitrogens with zero attached hydrogens (tertiary/aromatic N) is 3. The maximum absolute atomic E-state index is 5.96. The van der Waals surface area contributed by atoms with Crippen LogP contribution in [0.1, 0.15) is 24.5 Å². The Hall–Kier alpha value is -1.00. The molecule has 76 valence electrons. The van der Waals surface area contributed by atoms with E-state index in [9.17, 15) is 0 Å². The van der Waals surface area contributed by atoms with Gasteiger partial charge in [0, 0.05) is 17.0 Å². The third kappa shape index (κ3) is 1.87. The average molecular weight is 238 g/mol. The Morgan fingerprint density at radius 1 is 1.33 bits per heavy atom. The molecule has 0 aliphatic heterocycles. The molecule has 2 aromatic heterocycles. The summed E-state index contributed by atoms with van der Waals surface area (Å²) in [5.74, 6) is 1.23. The SMILES string of the molecule is Clc1cc(C2CC2)nc(-c2cscn2)n1. The standard InChI is InChI=1S/C10H8ClN3S/c11-9-3-7(6-1-2-6)13-10(14-9)8-4-15-5-12-8/h3-6H,1-2H2. The Bertz CT molecular complexity index is 479. The second-order valence-corrected chi connectivity index (χ2v) is 4.69. The highest BCUT2D eigenvalue weighted by molar-refractivity contribution is 7.07. The lowest BCUT2D eigenvalue weighted by Gasteiger charge is -2.01.